The minimum atomic E-state index is -0.248. The first-order chi connectivity index (χ1) is 11.1. The molecule has 1 aromatic rings. The van der Waals surface area contributed by atoms with Crippen LogP contribution in [0.25, 0.3) is 0 Å². The van der Waals surface area contributed by atoms with E-state index in [4.69, 9.17) is 0 Å². The molecule has 0 aromatic carbocycles. The van der Waals surface area contributed by atoms with Crippen LogP contribution < -0.4 is 10.6 Å². The fourth-order valence-corrected chi connectivity index (χ4v) is 4.48. The molecule has 8 heteroatoms. The third-order valence-electron chi connectivity index (χ3n) is 4.17. The topological polar surface area (TPSA) is 78.5 Å². The Morgan fingerprint density at radius 3 is 2.83 bits per heavy atom. The van der Waals surface area contributed by atoms with Crippen LogP contribution in [0.15, 0.2) is 17.5 Å². The minimum absolute atomic E-state index is 0.141. The molecule has 0 spiro atoms. The van der Waals surface area contributed by atoms with Crippen molar-refractivity contribution in [2.45, 2.75) is 44.3 Å². The summed E-state index contributed by atoms with van der Waals surface area (Å²) in [6.07, 6.45) is 3.52. The van der Waals surface area contributed by atoms with E-state index < -0.39 is 0 Å². The zero-order valence-electron chi connectivity index (χ0n) is 12.6. The molecule has 1 aromatic heterocycles. The van der Waals surface area contributed by atoms with Crippen LogP contribution in [-0.4, -0.2) is 39.9 Å². The molecule has 2 N–H and O–H groups in total. The van der Waals surface area contributed by atoms with E-state index in [9.17, 15) is 14.4 Å². The second-order valence-corrected chi connectivity index (χ2v) is 7.64. The zero-order chi connectivity index (χ0) is 16.2. The number of rotatable bonds is 4. The molecular formula is C15H19N3O3S2. The highest BCUT2D eigenvalue weighted by atomic mass is 32.2. The predicted octanol–water partition coefficient (Wildman–Crippen LogP) is 2.55. The summed E-state index contributed by atoms with van der Waals surface area (Å²) in [5, 5.41) is 7.56. The first-order valence-electron chi connectivity index (χ1n) is 7.70. The smallest absolute Gasteiger partial charge is 0.315 e. The summed E-state index contributed by atoms with van der Waals surface area (Å²) in [5.74, 6) is 0.0739. The Hall–Kier alpha value is -1.54. The Balaban J connectivity index is 1.59. The summed E-state index contributed by atoms with van der Waals surface area (Å²) in [4.78, 5) is 38.5. The van der Waals surface area contributed by atoms with E-state index in [1.165, 1.54) is 4.90 Å². The van der Waals surface area contributed by atoms with Crippen LogP contribution >= 0.6 is 23.1 Å². The molecule has 3 rings (SSSR count). The Morgan fingerprint density at radius 1 is 1.30 bits per heavy atom. The van der Waals surface area contributed by atoms with Gasteiger partial charge in [-0.15, -0.1) is 11.3 Å². The van der Waals surface area contributed by atoms with Gasteiger partial charge in [0.25, 0.3) is 5.24 Å². The highest BCUT2D eigenvalue weighted by molar-refractivity contribution is 8.14. The van der Waals surface area contributed by atoms with Gasteiger partial charge in [-0.25, -0.2) is 4.79 Å². The Labute approximate surface area is 143 Å². The van der Waals surface area contributed by atoms with Crippen LogP contribution in [-0.2, 0) is 11.3 Å². The first kappa shape index (κ1) is 16.3. The zero-order valence-corrected chi connectivity index (χ0v) is 14.3. The first-order valence-corrected chi connectivity index (χ1v) is 9.57. The molecule has 2 fully saturated rings. The second-order valence-electron chi connectivity index (χ2n) is 5.68. The summed E-state index contributed by atoms with van der Waals surface area (Å²) in [5.41, 5.74) is 0. The maximum Gasteiger partial charge on any atom is 0.315 e. The van der Waals surface area contributed by atoms with Crippen molar-refractivity contribution in [3.8, 4) is 0 Å². The number of nitrogens with one attached hydrogen (secondary N) is 2. The van der Waals surface area contributed by atoms with E-state index in [-0.39, 0.29) is 35.0 Å². The van der Waals surface area contributed by atoms with Crippen molar-refractivity contribution >= 4 is 40.3 Å². The van der Waals surface area contributed by atoms with Gasteiger partial charge in [-0.2, -0.15) is 0 Å². The van der Waals surface area contributed by atoms with Crippen LogP contribution in [0.2, 0.25) is 0 Å². The van der Waals surface area contributed by atoms with Crippen molar-refractivity contribution in [3.63, 3.8) is 0 Å². The van der Waals surface area contributed by atoms with Gasteiger partial charge in [0.15, 0.2) is 0 Å². The number of carbonyl (C=O) groups is 3. The highest BCUT2D eigenvalue weighted by Crippen LogP contribution is 2.30. The van der Waals surface area contributed by atoms with Gasteiger partial charge in [0, 0.05) is 4.88 Å². The molecular weight excluding hydrogens is 334 g/mol. The molecule has 0 bridgehead atoms. The number of carbonyl (C=O) groups excluding carboxylic acids is 3. The van der Waals surface area contributed by atoms with Crippen LogP contribution in [0.5, 0.6) is 0 Å². The number of thioether (sulfide) groups is 1. The molecule has 23 heavy (non-hydrogen) atoms. The Kier molecular flexibility index (Phi) is 5.22. The van der Waals surface area contributed by atoms with Crippen LogP contribution in [0.3, 0.4) is 0 Å². The molecule has 124 valence electrons. The van der Waals surface area contributed by atoms with Gasteiger partial charge >= 0.3 is 6.03 Å². The quantitative estimate of drug-likeness (QED) is 0.872. The molecule has 2 heterocycles. The molecule has 1 aliphatic heterocycles. The predicted molar refractivity (Wildman–Crippen MR) is 90.4 cm³/mol. The summed E-state index contributed by atoms with van der Waals surface area (Å²) >= 11 is 2.64. The largest absolute Gasteiger partial charge is 0.333 e. The molecule has 1 saturated heterocycles. The van der Waals surface area contributed by atoms with Crippen molar-refractivity contribution in [2.75, 3.05) is 5.75 Å². The maximum atomic E-state index is 12.1. The number of hydrogen-bond donors (Lipinski definition) is 2. The van der Waals surface area contributed by atoms with Gasteiger partial charge in [-0.05, 0) is 24.3 Å². The van der Waals surface area contributed by atoms with E-state index >= 15 is 0 Å². The third-order valence-corrected chi connectivity index (χ3v) is 5.88. The van der Waals surface area contributed by atoms with Crippen molar-refractivity contribution in [3.05, 3.63) is 22.4 Å². The van der Waals surface area contributed by atoms with E-state index in [0.29, 0.717) is 6.54 Å². The summed E-state index contributed by atoms with van der Waals surface area (Å²) in [6, 6.07) is 3.28. The average Bonchev–Trinajstić information content (AvgIpc) is 3.17. The van der Waals surface area contributed by atoms with Gasteiger partial charge in [0.05, 0.1) is 24.4 Å². The van der Waals surface area contributed by atoms with Crippen LogP contribution in [0.1, 0.15) is 30.6 Å². The lowest BCUT2D eigenvalue weighted by Crippen LogP contribution is -2.56. The van der Waals surface area contributed by atoms with E-state index in [0.717, 1.165) is 42.3 Å². The molecule has 0 radical (unpaired) electrons. The van der Waals surface area contributed by atoms with Gasteiger partial charge in [-0.3, -0.25) is 14.5 Å². The van der Waals surface area contributed by atoms with E-state index in [1.54, 1.807) is 11.3 Å². The second kappa shape index (κ2) is 7.35. The van der Waals surface area contributed by atoms with Crippen molar-refractivity contribution in [1.29, 1.82) is 0 Å². The van der Waals surface area contributed by atoms with E-state index in [2.05, 4.69) is 10.6 Å². The molecule has 1 aliphatic carbocycles. The molecule has 2 aliphatic rings. The molecule has 1 saturated carbocycles. The number of amides is 4. The minimum Gasteiger partial charge on any atom is -0.333 e. The summed E-state index contributed by atoms with van der Waals surface area (Å²) < 4.78 is 0. The number of hydrogen-bond acceptors (Lipinski definition) is 5. The van der Waals surface area contributed by atoms with Crippen molar-refractivity contribution < 1.29 is 14.4 Å². The molecule has 6 nitrogen and oxygen atoms in total. The average molecular weight is 353 g/mol. The van der Waals surface area contributed by atoms with Gasteiger partial charge in [0.1, 0.15) is 0 Å². The van der Waals surface area contributed by atoms with Gasteiger partial charge in [-0.1, -0.05) is 30.7 Å². The summed E-state index contributed by atoms with van der Waals surface area (Å²) in [7, 11) is 0. The van der Waals surface area contributed by atoms with Crippen LogP contribution in [0.4, 0.5) is 9.59 Å². The number of nitrogens with zero attached hydrogens (tertiary/aromatic N) is 1. The van der Waals surface area contributed by atoms with Gasteiger partial charge in [0.2, 0.25) is 5.91 Å². The summed E-state index contributed by atoms with van der Waals surface area (Å²) in [6.45, 7) is 0.484. The molecule has 2 unspecified atom stereocenters. The third kappa shape index (κ3) is 3.87. The van der Waals surface area contributed by atoms with E-state index in [1.807, 2.05) is 17.5 Å². The Bertz CT molecular complexity index is 575. The fraction of sp³-hybridized carbons (Fsp3) is 0.533. The lowest BCUT2D eigenvalue weighted by molar-refractivity contribution is -0.127. The fourth-order valence-electron chi connectivity index (χ4n) is 3.07. The Morgan fingerprint density at radius 2 is 2.13 bits per heavy atom. The monoisotopic (exact) mass is 353 g/mol. The maximum absolute atomic E-state index is 12.1. The lowest BCUT2D eigenvalue weighted by atomic mass is 9.89. The van der Waals surface area contributed by atoms with Crippen molar-refractivity contribution in [1.82, 2.24) is 15.5 Å². The highest BCUT2D eigenvalue weighted by Gasteiger charge is 2.41. The molecule has 2 atom stereocenters. The molecule has 4 amide bonds. The number of thiophene rings is 1. The number of imide groups is 1. The van der Waals surface area contributed by atoms with Crippen LogP contribution in [0, 0.1) is 0 Å². The SMILES string of the molecule is O=C(NCc1cccs1)NC1CCCCC1N1C(=O)CSC1=O. The standard InChI is InChI=1S/C15H19N3O3S2/c19-13-9-23-15(21)18(13)12-6-2-1-5-11(12)17-14(20)16-8-10-4-3-7-22-10/h3-4,7,11-12H,1-2,5-6,8-9H2,(H2,16,17,20). The number of urea groups is 1. The lowest BCUT2D eigenvalue weighted by Gasteiger charge is -2.36. The van der Waals surface area contributed by atoms with Gasteiger partial charge < -0.3 is 10.6 Å². The van der Waals surface area contributed by atoms with Crippen molar-refractivity contribution in [2.24, 2.45) is 0 Å². The normalized spacial score (nSPS) is 24.8.